The molecular formula is C11H20N2O. The Bertz CT molecular complexity index is 215. The first-order valence-electron chi connectivity index (χ1n) is 5.80. The Kier molecular flexibility index (Phi) is 3.06. The summed E-state index contributed by atoms with van der Waals surface area (Å²) in [5.74, 6) is 0.674. The Morgan fingerprint density at radius 1 is 1.21 bits per heavy atom. The zero-order chi connectivity index (χ0) is 9.97. The number of amides is 1. The van der Waals surface area contributed by atoms with Gasteiger partial charge < -0.3 is 5.73 Å². The molecule has 0 spiro atoms. The maximum absolute atomic E-state index is 10.9. The minimum absolute atomic E-state index is 0.170. The molecule has 2 aliphatic rings. The van der Waals surface area contributed by atoms with Gasteiger partial charge in [-0.05, 0) is 38.1 Å². The fourth-order valence-electron chi connectivity index (χ4n) is 3.12. The summed E-state index contributed by atoms with van der Waals surface area (Å²) in [7, 11) is 0. The molecule has 3 nitrogen and oxygen atoms in total. The maximum atomic E-state index is 10.9. The van der Waals surface area contributed by atoms with Crippen LogP contribution in [-0.4, -0.2) is 29.9 Å². The number of nitrogens with two attached hydrogens (primary N) is 1. The van der Waals surface area contributed by atoms with E-state index in [0.29, 0.717) is 12.6 Å². The van der Waals surface area contributed by atoms with Crippen molar-refractivity contribution >= 4 is 5.91 Å². The molecule has 0 aromatic carbocycles. The second-order valence-electron chi connectivity index (χ2n) is 4.69. The third-order valence-electron chi connectivity index (χ3n) is 3.72. The summed E-state index contributed by atoms with van der Waals surface area (Å²) in [4.78, 5) is 13.2. The van der Waals surface area contributed by atoms with Gasteiger partial charge in [-0.1, -0.05) is 12.8 Å². The number of carbonyl (C=O) groups is 1. The van der Waals surface area contributed by atoms with Crippen LogP contribution in [-0.2, 0) is 4.79 Å². The number of fused-ring (bicyclic) bond motifs is 1. The molecule has 80 valence electrons. The van der Waals surface area contributed by atoms with Crippen LogP contribution in [0.3, 0.4) is 0 Å². The lowest BCUT2D eigenvalue weighted by atomic mass is 9.78. The Morgan fingerprint density at radius 3 is 2.71 bits per heavy atom. The third kappa shape index (κ3) is 2.08. The second kappa shape index (κ2) is 4.30. The molecule has 1 saturated carbocycles. The smallest absolute Gasteiger partial charge is 0.231 e. The average molecular weight is 196 g/mol. The van der Waals surface area contributed by atoms with Gasteiger partial charge in [-0.2, -0.15) is 0 Å². The minimum atomic E-state index is -0.170. The molecule has 2 rings (SSSR count). The first kappa shape index (κ1) is 9.97. The molecule has 14 heavy (non-hydrogen) atoms. The molecule has 1 saturated heterocycles. The second-order valence-corrected chi connectivity index (χ2v) is 4.69. The molecule has 1 amide bonds. The molecule has 1 aliphatic carbocycles. The lowest BCUT2D eigenvalue weighted by molar-refractivity contribution is -0.120. The lowest BCUT2D eigenvalue weighted by Crippen LogP contribution is -2.49. The molecule has 0 radical (unpaired) electrons. The van der Waals surface area contributed by atoms with Crippen molar-refractivity contribution in [1.82, 2.24) is 4.90 Å². The van der Waals surface area contributed by atoms with Crippen LogP contribution in [0.25, 0.3) is 0 Å². The molecule has 2 fully saturated rings. The SMILES string of the molecule is NC(=O)CN1CCC[C@H]2CCCC[C@H]21. The molecule has 2 atom stereocenters. The first-order chi connectivity index (χ1) is 6.77. The summed E-state index contributed by atoms with van der Waals surface area (Å²) in [6.45, 7) is 1.55. The number of primary amides is 1. The Labute approximate surface area is 85.6 Å². The molecule has 3 heteroatoms. The predicted molar refractivity (Wildman–Crippen MR) is 55.7 cm³/mol. The average Bonchev–Trinajstić information content (AvgIpc) is 2.18. The van der Waals surface area contributed by atoms with Gasteiger partial charge in [0, 0.05) is 6.04 Å². The van der Waals surface area contributed by atoms with Gasteiger partial charge in [0.2, 0.25) is 5.91 Å². The quantitative estimate of drug-likeness (QED) is 0.719. The van der Waals surface area contributed by atoms with Crippen LogP contribution in [0.2, 0.25) is 0 Å². The van der Waals surface area contributed by atoms with E-state index in [9.17, 15) is 4.79 Å². The van der Waals surface area contributed by atoms with Gasteiger partial charge in [-0.3, -0.25) is 9.69 Å². The molecule has 1 heterocycles. The molecule has 0 aromatic rings. The molecular weight excluding hydrogens is 176 g/mol. The van der Waals surface area contributed by atoms with Gasteiger partial charge in [0.05, 0.1) is 6.54 Å². The van der Waals surface area contributed by atoms with Crippen molar-refractivity contribution in [3.05, 3.63) is 0 Å². The standard InChI is InChI=1S/C11H20N2O/c12-11(14)8-13-7-3-5-9-4-1-2-6-10(9)13/h9-10H,1-8H2,(H2,12,14)/t9-,10-/m1/s1. The Morgan fingerprint density at radius 2 is 1.93 bits per heavy atom. The molecule has 1 aliphatic heterocycles. The summed E-state index contributed by atoms with van der Waals surface area (Å²) < 4.78 is 0. The number of hydrogen-bond donors (Lipinski definition) is 1. The van der Waals surface area contributed by atoms with Gasteiger partial charge in [0.1, 0.15) is 0 Å². The van der Waals surface area contributed by atoms with Crippen LogP contribution in [0.4, 0.5) is 0 Å². The lowest BCUT2D eigenvalue weighted by Gasteiger charge is -2.43. The fraction of sp³-hybridized carbons (Fsp3) is 0.909. The van der Waals surface area contributed by atoms with Crippen LogP contribution in [0.5, 0.6) is 0 Å². The summed E-state index contributed by atoms with van der Waals surface area (Å²) >= 11 is 0. The van der Waals surface area contributed by atoms with Crippen molar-refractivity contribution in [3.63, 3.8) is 0 Å². The largest absolute Gasteiger partial charge is 0.369 e. The van der Waals surface area contributed by atoms with Crippen molar-refractivity contribution in [2.75, 3.05) is 13.1 Å². The zero-order valence-corrected chi connectivity index (χ0v) is 8.74. The van der Waals surface area contributed by atoms with Crippen LogP contribution in [0.15, 0.2) is 0 Å². The van der Waals surface area contributed by atoms with Crippen molar-refractivity contribution < 1.29 is 4.79 Å². The van der Waals surface area contributed by atoms with E-state index in [2.05, 4.69) is 4.90 Å². The Hall–Kier alpha value is -0.570. The number of hydrogen-bond acceptors (Lipinski definition) is 2. The van der Waals surface area contributed by atoms with E-state index in [4.69, 9.17) is 5.73 Å². The minimum Gasteiger partial charge on any atom is -0.369 e. The van der Waals surface area contributed by atoms with Crippen molar-refractivity contribution in [3.8, 4) is 0 Å². The van der Waals surface area contributed by atoms with Crippen molar-refractivity contribution in [2.45, 2.75) is 44.6 Å². The van der Waals surface area contributed by atoms with E-state index in [-0.39, 0.29) is 5.91 Å². The number of likely N-dealkylation sites (tertiary alicyclic amines) is 1. The normalized spacial score (nSPS) is 33.7. The highest BCUT2D eigenvalue weighted by Crippen LogP contribution is 2.34. The molecule has 0 bridgehead atoms. The van der Waals surface area contributed by atoms with Crippen LogP contribution in [0.1, 0.15) is 38.5 Å². The monoisotopic (exact) mass is 196 g/mol. The first-order valence-corrected chi connectivity index (χ1v) is 5.80. The van der Waals surface area contributed by atoms with Crippen LogP contribution >= 0.6 is 0 Å². The fourth-order valence-corrected chi connectivity index (χ4v) is 3.12. The summed E-state index contributed by atoms with van der Waals surface area (Å²) in [6.07, 6.45) is 7.95. The highest BCUT2D eigenvalue weighted by Gasteiger charge is 2.33. The number of piperidine rings is 1. The Balaban J connectivity index is 1.97. The summed E-state index contributed by atoms with van der Waals surface area (Å²) in [6, 6.07) is 0.657. The zero-order valence-electron chi connectivity index (χ0n) is 8.74. The van der Waals surface area contributed by atoms with Gasteiger partial charge >= 0.3 is 0 Å². The van der Waals surface area contributed by atoms with E-state index < -0.39 is 0 Å². The van der Waals surface area contributed by atoms with E-state index in [0.717, 1.165) is 12.5 Å². The van der Waals surface area contributed by atoms with Crippen LogP contribution < -0.4 is 5.73 Å². The van der Waals surface area contributed by atoms with Gasteiger partial charge in [0.25, 0.3) is 0 Å². The summed E-state index contributed by atoms with van der Waals surface area (Å²) in [5.41, 5.74) is 5.26. The van der Waals surface area contributed by atoms with Crippen LogP contribution in [0, 0.1) is 5.92 Å². The molecule has 0 aromatic heterocycles. The van der Waals surface area contributed by atoms with Gasteiger partial charge in [-0.15, -0.1) is 0 Å². The van der Waals surface area contributed by atoms with E-state index in [1.807, 2.05) is 0 Å². The number of rotatable bonds is 2. The van der Waals surface area contributed by atoms with E-state index >= 15 is 0 Å². The third-order valence-corrected chi connectivity index (χ3v) is 3.72. The van der Waals surface area contributed by atoms with Crippen molar-refractivity contribution in [1.29, 1.82) is 0 Å². The molecule has 0 unspecified atom stereocenters. The number of nitrogens with zero attached hydrogens (tertiary/aromatic N) is 1. The van der Waals surface area contributed by atoms with E-state index in [1.165, 1.54) is 38.5 Å². The van der Waals surface area contributed by atoms with Gasteiger partial charge in [0.15, 0.2) is 0 Å². The summed E-state index contributed by atoms with van der Waals surface area (Å²) in [5, 5.41) is 0. The van der Waals surface area contributed by atoms with Gasteiger partial charge in [-0.25, -0.2) is 0 Å². The highest BCUT2D eigenvalue weighted by molar-refractivity contribution is 5.76. The number of carbonyl (C=O) groups excluding carboxylic acids is 1. The van der Waals surface area contributed by atoms with E-state index in [1.54, 1.807) is 0 Å². The van der Waals surface area contributed by atoms with Crippen molar-refractivity contribution in [2.24, 2.45) is 11.7 Å². The highest BCUT2D eigenvalue weighted by atomic mass is 16.1. The topological polar surface area (TPSA) is 46.3 Å². The molecule has 2 N–H and O–H groups in total. The predicted octanol–water partition coefficient (Wildman–Crippen LogP) is 1.13. The maximum Gasteiger partial charge on any atom is 0.231 e.